The Kier molecular flexibility index (Phi) is 7.09. The van der Waals surface area contributed by atoms with Crippen LogP contribution in [0.2, 0.25) is 0 Å². The molecule has 0 radical (unpaired) electrons. The third-order valence-electron chi connectivity index (χ3n) is 4.53. The first-order chi connectivity index (χ1) is 12.0. The van der Waals surface area contributed by atoms with Crippen LogP contribution in [0.25, 0.3) is 11.1 Å². The molecule has 0 amide bonds. The maximum Gasteiger partial charge on any atom is 0.123 e. The average molecular weight is 345 g/mol. The van der Waals surface area contributed by atoms with Gasteiger partial charge in [-0.05, 0) is 47.6 Å². The molecule has 0 aliphatic heterocycles. The number of halogens is 1. The largest absolute Gasteiger partial charge is 0.392 e. The summed E-state index contributed by atoms with van der Waals surface area (Å²) < 4.78 is 13.4. The Balaban J connectivity index is 2.71. The molecule has 1 heterocycles. The molecule has 0 fully saturated rings. The first-order valence-electron chi connectivity index (χ1n) is 9.05. The van der Waals surface area contributed by atoms with Crippen molar-refractivity contribution in [1.29, 1.82) is 0 Å². The Hall–Kier alpha value is -1.78. The molecule has 2 N–H and O–H groups in total. The molecule has 0 aliphatic carbocycles. The van der Waals surface area contributed by atoms with E-state index in [1.165, 1.54) is 12.1 Å². The van der Waals surface area contributed by atoms with E-state index in [-0.39, 0.29) is 24.9 Å². The summed E-state index contributed by atoms with van der Waals surface area (Å²) >= 11 is 0. The minimum atomic E-state index is -0.289. The monoisotopic (exact) mass is 345 g/mol. The fourth-order valence-electron chi connectivity index (χ4n) is 3.29. The van der Waals surface area contributed by atoms with Crippen molar-refractivity contribution in [3.8, 4) is 11.1 Å². The van der Waals surface area contributed by atoms with E-state index in [9.17, 15) is 14.6 Å². The molecule has 2 rings (SSSR count). The number of benzene rings is 1. The second kappa shape index (κ2) is 9.07. The van der Waals surface area contributed by atoms with E-state index >= 15 is 0 Å². The van der Waals surface area contributed by atoms with Gasteiger partial charge < -0.3 is 10.2 Å². The molecule has 0 unspecified atom stereocenters. The summed E-state index contributed by atoms with van der Waals surface area (Å²) in [5.41, 5.74) is 4.97. The van der Waals surface area contributed by atoms with E-state index in [1.807, 2.05) is 13.8 Å². The SMILES string of the molecule is CCCCCc1c(CO)nc(C(C)C)c(CO)c1-c1ccc(F)cc1. The van der Waals surface area contributed by atoms with E-state index in [4.69, 9.17) is 0 Å². The highest BCUT2D eigenvalue weighted by Gasteiger charge is 2.21. The molecule has 1 aromatic heterocycles. The number of aliphatic hydroxyl groups is 2. The van der Waals surface area contributed by atoms with Crippen molar-refractivity contribution in [2.45, 2.75) is 65.6 Å². The molecule has 0 spiro atoms. The number of pyridine rings is 1. The maximum atomic E-state index is 13.4. The second-order valence-corrected chi connectivity index (χ2v) is 6.71. The molecule has 136 valence electrons. The Morgan fingerprint density at radius 3 is 2.20 bits per heavy atom. The van der Waals surface area contributed by atoms with Gasteiger partial charge in [0.1, 0.15) is 5.82 Å². The smallest absolute Gasteiger partial charge is 0.123 e. The van der Waals surface area contributed by atoms with Crippen LogP contribution in [-0.4, -0.2) is 15.2 Å². The van der Waals surface area contributed by atoms with Crippen LogP contribution in [0.3, 0.4) is 0 Å². The quantitative estimate of drug-likeness (QED) is 0.680. The van der Waals surface area contributed by atoms with E-state index in [2.05, 4.69) is 11.9 Å². The lowest BCUT2D eigenvalue weighted by atomic mass is 9.87. The standard InChI is InChI=1S/C21H28FNO2/c1-4-5-6-7-17-19(13-25)23-21(14(2)3)18(12-24)20(17)15-8-10-16(22)11-9-15/h8-11,14,24-25H,4-7,12-13H2,1-3H3. The van der Waals surface area contributed by atoms with Gasteiger partial charge in [-0.15, -0.1) is 0 Å². The molecular formula is C21H28FNO2. The second-order valence-electron chi connectivity index (χ2n) is 6.71. The summed E-state index contributed by atoms with van der Waals surface area (Å²) in [7, 11) is 0. The number of hydrogen-bond acceptors (Lipinski definition) is 3. The Morgan fingerprint density at radius 1 is 1.00 bits per heavy atom. The molecule has 0 aliphatic rings. The highest BCUT2D eigenvalue weighted by Crippen LogP contribution is 2.35. The summed E-state index contributed by atoms with van der Waals surface area (Å²) in [5.74, 6) is -0.168. The van der Waals surface area contributed by atoms with Crippen LogP contribution in [0.15, 0.2) is 24.3 Å². The molecule has 0 atom stereocenters. The zero-order valence-corrected chi connectivity index (χ0v) is 15.3. The number of nitrogens with zero attached hydrogens (tertiary/aromatic N) is 1. The first kappa shape index (κ1) is 19.5. The van der Waals surface area contributed by atoms with Gasteiger partial charge in [-0.3, -0.25) is 4.98 Å². The predicted octanol–water partition coefficient (Wildman–Crippen LogP) is 4.73. The lowest BCUT2D eigenvalue weighted by Gasteiger charge is -2.22. The van der Waals surface area contributed by atoms with Crippen molar-refractivity contribution in [2.24, 2.45) is 0 Å². The average Bonchev–Trinajstić information content (AvgIpc) is 2.61. The molecule has 3 nitrogen and oxygen atoms in total. The van der Waals surface area contributed by atoms with E-state index in [0.717, 1.165) is 53.6 Å². The highest BCUT2D eigenvalue weighted by atomic mass is 19.1. The van der Waals surface area contributed by atoms with Crippen LogP contribution >= 0.6 is 0 Å². The zero-order chi connectivity index (χ0) is 18.4. The van der Waals surface area contributed by atoms with Crippen molar-refractivity contribution >= 4 is 0 Å². The molecular weight excluding hydrogens is 317 g/mol. The van der Waals surface area contributed by atoms with Gasteiger partial charge in [0.05, 0.1) is 18.9 Å². The van der Waals surface area contributed by atoms with Crippen LogP contribution in [-0.2, 0) is 19.6 Å². The molecule has 0 saturated carbocycles. The number of rotatable bonds is 8. The van der Waals surface area contributed by atoms with Crippen molar-refractivity contribution in [3.63, 3.8) is 0 Å². The van der Waals surface area contributed by atoms with Crippen molar-refractivity contribution in [1.82, 2.24) is 4.98 Å². The van der Waals surface area contributed by atoms with Crippen LogP contribution < -0.4 is 0 Å². The number of aliphatic hydroxyl groups excluding tert-OH is 2. The molecule has 1 aromatic carbocycles. The van der Waals surface area contributed by atoms with Crippen molar-refractivity contribution in [2.75, 3.05) is 0 Å². The summed E-state index contributed by atoms with van der Waals surface area (Å²) in [6.45, 7) is 5.93. The summed E-state index contributed by atoms with van der Waals surface area (Å²) in [5, 5.41) is 19.9. The molecule has 0 saturated heterocycles. The van der Waals surface area contributed by atoms with Gasteiger partial charge in [0, 0.05) is 11.3 Å². The minimum absolute atomic E-state index is 0.122. The lowest BCUT2D eigenvalue weighted by molar-refractivity contribution is 0.270. The van der Waals surface area contributed by atoms with Gasteiger partial charge in [-0.1, -0.05) is 45.7 Å². The third-order valence-corrected chi connectivity index (χ3v) is 4.53. The normalized spacial score (nSPS) is 11.3. The minimum Gasteiger partial charge on any atom is -0.392 e. The number of unbranched alkanes of at least 4 members (excludes halogenated alkanes) is 2. The Labute approximate surface area is 149 Å². The van der Waals surface area contributed by atoms with Gasteiger partial charge in [0.15, 0.2) is 0 Å². The topological polar surface area (TPSA) is 53.4 Å². The lowest BCUT2D eigenvalue weighted by Crippen LogP contribution is -2.11. The fourth-order valence-corrected chi connectivity index (χ4v) is 3.29. The van der Waals surface area contributed by atoms with E-state index in [0.29, 0.717) is 5.69 Å². The summed E-state index contributed by atoms with van der Waals surface area (Å²) in [4.78, 5) is 4.66. The Bertz CT molecular complexity index is 696. The number of hydrogen-bond donors (Lipinski definition) is 2. The van der Waals surface area contributed by atoms with Crippen LogP contribution in [0.5, 0.6) is 0 Å². The maximum absolute atomic E-state index is 13.4. The molecule has 25 heavy (non-hydrogen) atoms. The fraction of sp³-hybridized carbons (Fsp3) is 0.476. The summed E-state index contributed by atoms with van der Waals surface area (Å²) in [6.07, 6.45) is 3.97. The van der Waals surface area contributed by atoms with Gasteiger partial charge in [-0.25, -0.2) is 4.39 Å². The highest BCUT2D eigenvalue weighted by molar-refractivity contribution is 5.73. The van der Waals surface area contributed by atoms with E-state index < -0.39 is 0 Å². The van der Waals surface area contributed by atoms with Crippen molar-refractivity contribution < 1.29 is 14.6 Å². The van der Waals surface area contributed by atoms with Crippen LogP contribution in [0.4, 0.5) is 4.39 Å². The zero-order valence-electron chi connectivity index (χ0n) is 15.3. The number of aromatic nitrogens is 1. The van der Waals surface area contributed by atoms with Gasteiger partial charge >= 0.3 is 0 Å². The van der Waals surface area contributed by atoms with Gasteiger partial charge in [-0.2, -0.15) is 0 Å². The molecule has 4 heteroatoms. The molecule has 0 bridgehead atoms. The summed E-state index contributed by atoms with van der Waals surface area (Å²) in [6, 6.07) is 6.33. The predicted molar refractivity (Wildman–Crippen MR) is 98.8 cm³/mol. The van der Waals surface area contributed by atoms with Crippen LogP contribution in [0.1, 0.15) is 68.5 Å². The first-order valence-corrected chi connectivity index (χ1v) is 9.05. The van der Waals surface area contributed by atoms with Gasteiger partial charge in [0.25, 0.3) is 0 Å². The van der Waals surface area contributed by atoms with Gasteiger partial charge in [0.2, 0.25) is 0 Å². The third kappa shape index (κ3) is 4.44. The molecule has 2 aromatic rings. The van der Waals surface area contributed by atoms with Crippen LogP contribution in [0, 0.1) is 5.82 Å². The Morgan fingerprint density at radius 2 is 1.68 bits per heavy atom. The van der Waals surface area contributed by atoms with Crippen molar-refractivity contribution in [3.05, 3.63) is 52.6 Å². The van der Waals surface area contributed by atoms with E-state index in [1.54, 1.807) is 12.1 Å².